The molecule has 2 aromatic heterocycles. The van der Waals surface area contributed by atoms with Crippen LogP contribution in [0, 0.1) is 0 Å². The minimum absolute atomic E-state index is 0.0182. The number of alkyl halides is 3. The lowest BCUT2D eigenvalue weighted by atomic mass is 10.2. The molecule has 3 aromatic rings. The number of ether oxygens (including phenoxy) is 1. The third-order valence-corrected chi connectivity index (χ3v) is 4.31. The molecule has 0 atom stereocenters. The molecule has 1 aromatic carbocycles. The van der Waals surface area contributed by atoms with Crippen LogP contribution in [0.3, 0.4) is 0 Å². The molecule has 0 saturated heterocycles. The maximum Gasteiger partial charge on any atom is 0.573 e. The number of sulfonamides is 1. The van der Waals surface area contributed by atoms with Crippen molar-refractivity contribution in [3.8, 4) is 17.3 Å². The Bertz CT molecular complexity index is 1220. The molecule has 0 saturated carbocycles. The number of pyridine rings is 1. The Labute approximate surface area is 168 Å². The molecule has 0 fully saturated rings. The van der Waals surface area contributed by atoms with Crippen molar-refractivity contribution in [1.82, 2.24) is 14.1 Å². The smallest absolute Gasteiger partial charge is 0.493 e. The van der Waals surface area contributed by atoms with E-state index in [1.165, 1.54) is 24.4 Å². The summed E-state index contributed by atoms with van der Waals surface area (Å²) in [6.45, 7) is -0.0182. The lowest BCUT2D eigenvalue weighted by molar-refractivity contribution is -0.274. The van der Waals surface area contributed by atoms with Crippen LogP contribution in [0.25, 0.3) is 5.69 Å². The van der Waals surface area contributed by atoms with Gasteiger partial charge in [0.2, 0.25) is 15.9 Å². The summed E-state index contributed by atoms with van der Waals surface area (Å²) in [6.07, 6.45) is -1.38. The van der Waals surface area contributed by atoms with Crippen LogP contribution in [-0.2, 0) is 16.6 Å². The number of rotatable bonds is 6. The zero-order valence-electron chi connectivity index (χ0n) is 15.3. The highest BCUT2D eigenvalue weighted by Gasteiger charge is 2.31. The van der Waals surface area contributed by atoms with Gasteiger partial charge in [0.15, 0.2) is 0 Å². The number of benzene rings is 1. The van der Waals surface area contributed by atoms with Gasteiger partial charge in [0.05, 0.1) is 24.7 Å². The van der Waals surface area contributed by atoms with Gasteiger partial charge < -0.3 is 9.84 Å². The highest BCUT2D eigenvalue weighted by atomic mass is 32.2. The first kappa shape index (κ1) is 21.2. The molecular formula is C17H15F3N4O5S. The van der Waals surface area contributed by atoms with E-state index in [0.29, 0.717) is 5.56 Å². The minimum atomic E-state index is -4.85. The van der Waals surface area contributed by atoms with E-state index < -0.39 is 33.7 Å². The molecule has 0 spiro atoms. The molecule has 9 nitrogen and oxygen atoms in total. The average Bonchev–Trinajstić information content (AvgIpc) is 2.87. The maximum atomic E-state index is 12.6. The maximum absolute atomic E-state index is 12.6. The van der Waals surface area contributed by atoms with Gasteiger partial charge in [0.25, 0.3) is 0 Å². The Morgan fingerprint density at radius 1 is 1.20 bits per heavy atom. The van der Waals surface area contributed by atoms with Crippen LogP contribution in [0.2, 0.25) is 0 Å². The van der Waals surface area contributed by atoms with Crippen LogP contribution in [0.4, 0.5) is 19.0 Å². The molecule has 0 bridgehead atoms. The quantitative estimate of drug-likeness (QED) is 0.601. The fourth-order valence-corrected chi connectivity index (χ4v) is 3.14. The lowest BCUT2D eigenvalue weighted by Gasteiger charge is -2.09. The van der Waals surface area contributed by atoms with Crippen molar-refractivity contribution in [3.05, 3.63) is 64.8 Å². The van der Waals surface area contributed by atoms with Crippen molar-refractivity contribution >= 4 is 15.8 Å². The predicted octanol–water partition coefficient (Wildman–Crippen LogP) is 2.06. The number of hydrogen-bond acceptors (Lipinski definition) is 6. The van der Waals surface area contributed by atoms with Gasteiger partial charge in [-0.1, -0.05) is 0 Å². The zero-order chi connectivity index (χ0) is 22.1. The summed E-state index contributed by atoms with van der Waals surface area (Å²) in [5.41, 5.74) is -0.0179. The molecule has 0 radical (unpaired) electrons. The molecule has 0 aliphatic rings. The Balaban J connectivity index is 1.86. The first-order valence-corrected chi connectivity index (χ1v) is 10.1. The van der Waals surface area contributed by atoms with E-state index in [-0.39, 0.29) is 18.1 Å². The number of aromatic hydroxyl groups is 1. The van der Waals surface area contributed by atoms with Gasteiger partial charge >= 0.3 is 12.1 Å². The van der Waals surface area contributed by atoms with E-state index in [9.17, 15) is 31.5 Å². The van der Waals surface area contributed by atoms with Crippen molar-refractivity contribution in [2.45, 2.75) is 12.9 Å². The standard InChI is InChI=1S/C17H15F3N4O5S/c1-30(27,28)22-14-8-11(6-7-21-14)9-23-10-15(25)24(16(23)26)12-2-4-13(5-3-12)29-17(18,19)20/h2-8,10,25H,9H2,1H3,(H,21,22). The minimum Gasteiger partial charge on any atom is -0.493 e. The largest absolute Gasteiger partial charge is 0.573 e. The number of nitrogens with zero attached hydrogens (tertiary/aromatic N) is 3. The first-order valence-electron chi connectivity index (χ1n) is 8.21. The van der Waals surface area contributed by atoms with Crippen LogP contribution >= 0.6 is 0 Å². The van der Waals surface area contributed by atoms with Crippen molar-refractivity contribution < 1.29 is 31.4 Å². The Morgan fingerprint density at radius 3 is 2.47 bits per heavy atom. The monoisotopic (exact) mass is 444 g/mol. The van der Waals surface area contributed by atoms with Gasteiger partial charge in [0.1, 0.15) is 11.6 Å². The number of imidazole rings is 1. The third-order valence-electron chi connectivity index (χ3n) is 3.73. The highest BCUT2D eigenvalue weighted by Crippen LogP contribution is 2.24. The van der Waals surface area contributed by atoms with Crippen molar-refractivity contribution in [2.24, 2.45) is 0 Å². The summed E-state index contributed by atoms with van der Waals surface area (Å²) in [5.74, 6) is -0.846. The van der Waals surface area contributed by atoms with Crippen LogP contribution in [0.1, 0.15) is 5.56 Å². The normalized spacial score (nSPS) is 12.0. The van der Waals surface area contributed by atoms with Crippen LogP contribution in [0.15, 0.2) is 53.6 Å². The second-order valence-electron chi connectivity index (χ2n) is 6.20. The summed E-state index contributed by atoms with van der Waals surface area (Å²) < 4.78 is 67.4. The SMILES string of the molecule is CS(=O)(=O)Nc1cc(Cn2cc(O)n(-c3ccc(OC(F)(F)F)cc3)c2=O)ccn1. The van der Waals surface area contributed by atoms with Crippen molar-refractivity contribution in [2.75, 3.05) is 11.0 Å². The molecule has 160 valence electrons. The van der Waals surface area contributed by atoms with Crippen molar-refractivity contribution in [3.63, 3.8) is 0 Å². The Kier molecular flexibility index (Phi) is 5.48. The molecule has 3 rings (SSSR count). The highest BCUT2D eigenvalue weighted by molar-refractivity contribution is 7.92. The molecule has 0 amide bonds. The predicted molar refractivity (Wildman–Crippen MR) is 100 cm³/mol. The first-order chi connectivity index (χ1) is 13.9. The van der Waals surface area contributed by atoms with Gasteiger partial charge in [-0.2, -0.15) is 0 Å². The zero-order valence-corrected chi connectivity index (χ0v) is 16.1. The van der Waals surface area contributed by atoms with Crippen LogP contribution in [-0.4, -0.2) is 40.3 Å². The number of hydrogen-bond donors (Lipinski definition) is 2. The van der Waals surface area contributed by atoms with E-state index in [1.807, 2.05) is 0 Å². The van der Waals surface area contributed by atoms with E-state index in [1.54, 1.807) is 6.07 Å². The van der Waals surface area contributed by atoms with E-state index in [4.69, 9.17) is 0 Å². The number of aromatic nitrogens is 3. The van der Waals surface area contributed by atoms with E-state index in [2.05, 4.69) is 14.4 Å². The second kappa shape index (κ2) is 7.74. The Morgan fingerprint density at radius 2 is 1.87 bits per heavy atom. The molecule has 2 heterocycles. The molecule has 0 aliphatic carbocycles. The second-order valence-corrected chi connectivity index (χ2v) is 7.95. The lowest BCUT2D eigenvalue weighted by Crippen LogP contribution is -2.23. The number of nitrogens with one attached hydrogen (secondary N) is 1. The topological polar surface area (TPSA) is 115 Å². The fourth-order valence-electron chi connectivity index (χ4n) is 2.65. The van der Waals surface area contributed by atoms with Gasteiger partial charge in [-0.25, -0.2) is 22.8 Å². The number of halogens is 3. The summed E-state index contributed by atoms with van der Waals surface area (Å²) in [5, 5.41) is 10.1. The van der Waals surface area contributed by atoms with E-state index in [0.717, 1.165) is 33.7 Å². The van der Waals surface area contributed by atoms with Crippen molar-refractivity contribution in [1.29, 1.82) is 0 Å². The van der Waals surface area contributed by atoms with Crippen LogP contribution < -0.4 is 15.1 Å². The summed E-state index contributed by atoms with van der Waals surface area (Å²) in [7, 11) is -3.53. The fraction of sp³-hybridized carbons (Fsp3) is 0.176. The van der Waals surface area contributed by atoms with E-state index >= 15 is 0 Å². The molecule has 0 unspecified atom stereocenters. The van der Waals surface area contributed by atoms with Gasteiger partial charge in [0, 0.05) is 6.20 Å². The van der Waals surface area contributed by atoms with Gasteiger partial charge in [-0.3, -0.25) is 9.29 Å². The number of anilines is 1. The molecule has 13 heteroatoms. The van der Waals surface area contributed by atoms with Gasteiger partial charge in [-0.15, -0.1) is 13.2 Å². The Hall–Kier alpha value is -3.48. The third kappa shape index (κ3) is 5.31. The molecule has 0 aliphatic heterocycles. The molecule has 30 heavy (non-hydrogen) atoms. The molecular weight excluding hydrogens is 429 g/mol. The molecule has 2 N–H and O–H groups in total. The van der Waals surface area contributed by atoms with Crippen LogP contribution in [0.5, 0.6) is 11.6 Å². The summed E-state index contributed by atoms with van der Waals surface area (Å²) in [6, 6.07) is 7.37. The average molecular weight is 444 g/mol. The summed E-state index contributed by atoms with van der Waals surface area (Å²) >= 11 is 0. The van der Waals surface area contributed by atoms with Gasteiger partial charge in [-0.05, 0) is 42.0 Å². The summed E-state index contributed by atoms with van der Waals surface area (Å²) in [4.78, 5) is 16.5.